The summed E-state index contributed by atoms with van der Waals surface area (Å²) in [5, 5.41) is 3.35. The Kier molecular flexibility index (Phi) is 3.64. The summed E-state index contributed by atoms with van der Waals surface area (Å²) >= 11 is 0. The molecule has 0 amide bonds. The van der Waals surface area contributed by atoms with E-state index in [-0.39, 0.29) is 17.7 Å². The van der Waals surface area contributed by atoms with Gasteiger partial charge in [-0.05, 0) is 13.8 Å². The lowest BCUT2D eigenvalue weighted by Gasteiger charge is -2.18. The van der Waals surface area contributed by atoms with Gasteiger partial charge in [-0.15, -0.1) is 0 Å². The lowest BCUT2D eigenvalue weighted by atomic mass is 9.97. The van der Waals surface area contributed by atoms with Crippen molar-refractivity contribution in [1.82, 2.24) is 5.32 Å². The fourth-order valence-corrected chi connectivity index (χ4v) is 1.55. The average molecular weight is 193 g/mol. The lowest BCUT2D eigenvalue weighted by molar-refractivity contribution is -0.118. The Morgan fingerprint density at radius 2 is 2.00 bits per heavy atom. The summed E-state index contributed by atoms with van der Waals surface area (Å²) in [4.78, 5) is 11.8. The maximum atomic E-state index is 11.8. The highest BCUT2D eigenvalue weighted by Crippen LogP contribution is 2.17. The first kappa shape index (κ1) is 11.2. The fraction of sp³-hybridized carbons (Fsp3) is 0.583. The predicted molar refractivity (Wildman–Crippen MR) is 59.1 cm³/mol. The summed E-state index contributed by atoms with van der Waals surface area (Å²) in [5.74, 6) is 0.325. The zero-order valence-corrected chi connectivity index (χ0v) is 9.37. The molecule has 1 aliphatic carbocycles. The van der Waals surface area contributed by atoms with E-state index in [9.17, 15) is 4.79 Å². The predicted octanol–water partition coefficient (Wildman–Crippen LogP) is 2.07. The molecule has 1 unspecified atom stereocenters. The van der Waals surface area contributed by atoms with Crippen LogP contribution in [0, 0.1) is 5.92 Å². The second-order valence-electron chi connectivity index (χ2n) is 4.32. The fourth-order valence-electron chi connectivity index (χ4n) is 1.55. The highest BCUT2D eigenvalue weighted by Gasteiger charge is 2.23. The SMILES string of the molecule is CC(C)NC1C=CC=C1C(=O)C(C)C. The van der Waals surface area contributed by atoms with E-state index in [4.69, 9.17) is 0 Å². The number of Topliss-reactive ketones (excluding diaryl/α,β-unsaturated/α-hetero) is 1. The number of hydrogen-bond donors (Lipinski definition) is 1. The largest absolute Gasteiger partial charge is 0.304 e. The highest BCUT2D eigenvalue weighted by molar-refractivity contribution is 5.99. The van der Waals surface area contributed by atoms with Crippen molar-refractivity contribution < 1.29 is 4.79 Å². The van der Waals surface area contributed by atoms with E-state index in [1.807, 2.05) is 32.1 Å². The molecule has 0 spiro atoms. The second-order valence-corrected chi connectivity index (χ2v) is 4.32. The number of hydrogen-bond acceptors (Lipinski definition) is 2. The zero-order chi connectivity index (χ0) is 10.7. The van der Waals surface area contributed by atoms with Crippen LogP contribution in [0.1, 0.15) is 27.7 Å². The Hall–Kier alpha value is -0.890. The molecule has 2 nitrogen and oxygen atoms in total. The normalized spacial score (nSPS) is 20.7. The van der Waals surface area contributed by atoms with Crippen molar-refractivity contribution in [2.45, 2.75) is 39.8 Å². The van der Waals surface area contributed by atoms with Crippen LogP contribution < -0.4 is 5.32 Å². The molecule has 0 bridgehead atoms. The summed E-state index contributed by atoms with van der Waals surface area (Å²) in [7, 11) is 0. The van der Waals surface area contributed by atoms with Crippen LogP contribution in [0.4, 0.5) is 0 Å². The van der Waals surface area contributed by atoms with E-state index in [0.717, 1.165) is 5.57 Å². The van der Waals surface area contributed by atoms with Gasteiger partial charge in [0.05, 0.1) is 6.04 Å². The molecule has 1 aliphatic rings. The molecule has 0 saturated carbocycles. The number of ketones is 1. The molecule has 0 fully saturated rings. The van der Waals surface area contributed by atoms with E-state index >= 15 is 0 Å². The van der Waals surface area contributed by atoms with Gasteiger partial charge in [0.15, 0.2) is 5.78 Å². The van der Waals surface area contributed by atoms with Crippen LogP contribution >= 0.6 is 0 Å². The quantitative estimate of drug-likeness (QED) is 0.740. The van der Waals surface area contributed by atoms with E-state index in [1.165, 1.54) is 0 Å². The summed E-state index contributed by atoms with van der Waals surface area (Å²) in [5.41, 5.74) is 0.897. The van der Waals surface area contributed by atoms with Crippen LogP contribution in [0.2, 0.25) is 0 Å². The van der Waals surface area contributed by atoms with Crippen molar-refractivity contribution in [3.05, 3.63) is 23.8 Å². The second kappa shape index (κ2) is 4.56. The monoisotopic (exact) mass is 193 g/mol. The molecule has 2 heteroatoms. The van der Waals surface area contributed by atoms with Crippen molar-refractivity contribution >= 4 is 5.78 Å². The molecule has 0 aromatic rings. The number of carbonyl (C=O) groups excluding carboxylic acids is 1. The molecule has 0 saturated heterocycles. The Bertz CT molecular complexity index is 274. The smallest absolute Gasteiger partial charge is 0.163 e. The Morgan fingerprint density at radius 1 is 1.36 bits per heavy atom. The Morgan fingerprint density at radius 3 is 2.50 bits per heavy atom. The van der Waals surface area contributed by atoms with Gasteiger partial charge in [0.25, 0.3) is 0 Å². The van der Waals surface area contributed by atoms with Crippen LogP contribution in [0.15, 0.2) is 23.8 Å². The van der Waals surface area contributed by atoms with Crippen molar-refractivity contribution in [3.8, 4) is 0 Å². The molecule has 0 aliphatic heterocycles. The highest BCUT2D eigenvalue weighted by atomic mass is 16.1. The van der Waals surface area contributed by atoms with Crippen LogP contribution in [-0.4, -0.2) is 17.9 Å². The van der Waals surface area contributed by atoms with E-state index in [0.29, 0.717) is 6.04 Å². The van der Waals surface area contributed by atoms with Gasteiger partial charge in [-0.1, -0.05) is 32.1 Å². The molecule has 1 N–H and O–H groups in total. The van der Waals surface area contributed by atoms with Crippen LogP contribution in [-0.2, 0) is 4.79 Å². The van der Waals surface area contributed by atoms with Crippen LogP contribution in [0.3, 0.4) is 0 Å². The van der Waals surface area contributed by atoms with Crippen molar-refractivity contribution in [3.63, 3.8) is 0 Å². The summed E-state index contributed by atoms with van der Waals surface area (Å²) in [6.45, 7) is 8.05. The molecular formula is C12H19NO. The molecule has 14 heavy (non-hydrogen) atoms. The average Bonchev–Trinajstić information content (AvgIpc) is 2.49. The zero-order valence-electron chi connectivity index (χ0n) is 9.37. The first-order valence-electron chi connectivity index (χ1n) is 5.21. The first-order valence-corrected chi connectivity index (χ1v) is 5.21. The minimum Gasteiger partial charge on any atom is -0.304 e. The Labute approximate surface area is 86.1 Å². The molecule has 0 aromatic carbocycles. The van der Waals surface area contributed by atoms with Gasteiger partial charge in [0.1, 0.15) is 0 Å². The maximum Gasteiger partial charge on any atom is 0.163 e. The van der Waals surface area contributed by atoms with Gasteiger partial charge in [-0.3, -0.25) is 4.79 Å². The van der Waals surface area contributed by atoms with Gasteiger partial charge in [0, 0.05) is 17.5 Å². The third-order valence-corrected chi connectivity index (χ3v) is 2.24. The van der Waals surface area contributed by atoms with E-state index < -0.39 is 0 Å². The molecule has 0 aromatic heterocycles. The minimum absolute atomic E-state index is 0.0811. The molecule has 78 valence electrons. The topological polar surface area (TPSA) is 29.1 Å². The lowest BCUT2D eigenvalue weighted by Crippen LogP contribution is -2.36. The van der Waals surface area contributed by atoms with Gasteiger partial charge in [-0.25, -0.2) is 0 Å². The maximum absolute atomic E-state index is 11.8. The van der Waals surface area contributed by atoms with Gasteiger partial charge in [-0.2, -0.15) is 0 Å². The third kappa shape index (κ3) is 2.55. The van der Waals surface area contributed by atoms with Crippen molar-refractivity contribution in [1.29, 1.82) is 0 Å². The molecule has 0 heterocycles. The standard InChI is InChI=1S/C12H19NO/c1-8(2)12(14)10-6-5-7-11(10)13-9(3)4/h5-9,11,13H,1-4H3. The van der Waals surface area contributed by atoms with Gasteiger partial charge >= 0.3 is 0 Å². The molecular weight excluding hydrogens is 174 g/mol. The molecule has 0 radical (unpaired) electrons. The molecule has 1 rings (SSSR count). The Balaban J connectivity index is 2.67. The number of allylic oxidation sites excluding steroid dienone is 2. The number of rotatable bonds is 4. The van der Waals surface area contributed by atoms with E-state index in [1.54, 1.807) is 0 Å². The number of carbonyl (C=O) groups is 1. The van der Waals surface area contributed by atoms with E-state index in [2.05, 4.69) is 19.2 Å². The summed E-state index contributed by atoms with van der Waals surface area (Å²) < 4.78 is 0. The van der Waals surface area contributed by atoms with Crippen LogP contribution in [0.25, 0.3) is 0 Å². The summed E-state index contributed by atoms with van der Waals surface area (Å²) in [6, 6.07) is 0.510. The van der Waals surface area contributed by atoms with Gasteiger partial charge < -0.3 is 5.32 Å². The van der Waals surface area contributed by atoms with Crippen LogP contribution in [0.5, 0.6) is 0 Å². The first-order chi connectivity index (χ1) is 6.52. The van der Waals surface area contributed by atoms with Gasteiger partial charge in [0.2, 0.25) is 0 Å². The molecule has 1 atom stereocenters. The minimum atomic E-state index is 0.0811. The number of nitrogens with one attached hydrogen (secondary N) is 1. The summed E-state index contributed by atoms with van der Waals surface area (Å²) in [6.07, 6.45) is 5.91. The van der Waals surface area contributed by atoms with Crippen molar-refractivity contribution in [2.75, 3.05) is 0 Å². The van der Waals surface area contributed by atoms with Crippen molar-refractivity contribution in [2.24, 2.45) is 5.92 Å². The third-order valence-electron chi connectivity index (χ3n) is 2.24.